The Balaban J connectivity index is 2.53. The summed E-state index contributed by atoms with van der Waals surface area (Å²) < 4.78 is 2.69. The van der Waals surface area contributed by atoms with Gasteiger partial charge in [-0.05, 0) is 30.6 Å². The molecule has 0 aliphatic carbocycles. The van der Waals surface area contributed by atoms with Crippen LogP contribution in [0.5, 0.6) is 0 Å². The minimum absolute atomic E-state index is 0.311. The quantitative estimate of drug-likeness (QED) is 0.637. The molecule has 0 atom stereocenters. The molecule has 1 aliphatic rings. The smallest absolute Gasteiger partial charge is 0.00454 e. The summed E-state index contributed by atoms with van der Waals surface area (Å²) in [7, 11) is -0.311. The zero-order valence-electron chi connectivity index (χ0n) is 8.10. The Kier molecular flexibility index (Phi) is 3.26. The molecular formula is C9H21NS. The second kappa shape index (κ2) is 3.81. The fourth-order valence-corrected chi connectivity index (χ4v) is 5.65. The molecule has 1 nitrogen and oxygen atoms in total. The van der Waals surface area contributed by atoms with Crippen LogP contribution in [0.25, 0.3) is 0 Å². The molecule has 0 aromatic rings. The van der Waals surface area contributed by atoms with Crippen LogP contribution in [0.4, 0.5) is 0 Å². The van der Waals surface area contributed by atoms with E-state index in [1.54, 1.807) is 0 Å². The van der Waals surface area contributed by atoms with Gasteiger partial charge >= 0.3 is 0 Å². The van der Waals surface area contributed by atoms with Crippen molar-refractivity contribution in [3.8, 4) is 0 Å². The van der Waals surface area contributed by atoms with Crippen molar-refractivity contribution in [1.82, 2.24) is 4.31 Å². The molecular weight excluding hydrogens is 154 g/mol. The molecule has 0 aromatic heterocycles. The standard InChI is InChI=1S/C9H21NS/c1-4-10(5-2)11(3)8-6-7-9-11/h4-9H2,1-3H3. The van der Waals surface area contributed by atoms with Gasteiger partial charge in [0, 0.05) is 13.1 Å². The fourth-order valence-electron chi connectivity index (χ4n) is 2.03. The highest BCUT2D eigenvalue weighted by molar-refractivity contribution is 8.31. The summed E-state index contributed by atoms with van der Waals surface area (Å²) in [4.78, 5) is 0. The van der Waals surface area contributed by atoms with Crippen molar-refractivity contribution in [1.29, 1.82) is 0 Å². The van der Waals surface area contributed by atoms with E-state index in [1.807, 2.05) is 0 Å². The lowest BCUT2D eigenvalue weighted by Crippen LogP contribution is -2.28. The van der Waals surface area contributed by atoms with E-state index in [9.17, 15) is 0 Å². The van der Waals surface area contributed by atoms with Crippen LogP contribution in [0.1, 0.15) is 26.7 Å². The zero-order chi connectivity index (χ0) is 8.32. The maximum atomic E-state index is 2.69. The summed E-state index contributed by atoms with van der Waals surface area (Å²) >= 11 is 0. The Morgan fingerprint density at radius 2 is 1.55 bits per heavy atom. The molecule has 11 heavy (non-hydrogen) atoms. The average Bonchev–Trinajstić information content (AvgIpc) is 2.39. The Morgan fingerprint density at radius 3 is 1.91 bits per heavy atom. The summed E-state index contributed by atoms with van der Waals surface area (Å²) in [5.74, 6) is 2.99. The van der Waals surface area contributed by atoms with Gasteiger partial charge in [0.05, 0.1) is 0 Å². The second-order valence-electron chi connectivity index (χ2n) is 3.45. The molecule has 0 unspecified atom stereocenters. The van der Waals surface area contributed by atoms with Gasteiger partial charge < -0.3 is 0 Å². The van der Waals surface area contributed by atoms with Gasteiger partial charge in [-0.1, -0.05) is 13.8 Å². The van der Waals surface area contributed by atoms with Gasteiger partial charge in [-0.3, -0.25) is 4.31 Å². The van der Waals surface area contributed by atoms with E-state index in [0.717, 1.165) is 0 Å². The first-order valence-electron chi connectivity index (χ1n) is 4.71. The van der Waals surface area contributed by atoms with Crippen molar-refractivity contribution in [2.45, 2.75) is 26.7 Å². The highest BCUT2D eigenvalue weighted by atomic mass is 32.3. The molecule has 0 bridgehead atoms. The third-order valence-corrected chi connectivity index (χ3v) is 6.85. The summed E-state index contributed by atoms with van der Waals surface area (Å²) in [6, 6.07) is 0. The number of rotatable bonds is 3. The van der Waals surface area contributed by atoms with Crippen molar-refractivity contribution in [2.75, 3.05) is 30.9 Å². The van der Waals surface area contributed by atoms with Crippen molar-refractivity contribution >= 4 is 10.2 Å². The lowest BCUT2D eigenvalue weighted by molar-refractivity contribution is 0.512. The maximum absolute atomic E-state index is 2.69. The van der Waals surface area contributed by atoms with Crippen molar-refractivity contribution in [2.24, 2.45) is 0 Å². The Hall–Kier alpha value is 0.310. The molecule has 0 radical (unpaired) electrons. The van der Waals surface area contributed by atoms with Crippen LogP contribution in [0.15, 0.2) is 0 Å². The van der Waals surface area contributed by atoms with Crippen LogP contribution in [0, 0.1) is 0 Å². The number of hydrogen-bond donors (Lipinski definition) is 0. The summed E-state index contributed by atoms with van der Waals surface area (Å²) in [5.41, 5.74) is 0. The van der Waals surface area contributed by atoms with E-state index in [0.29, 0.717) is 0 Å². The average molecular weight is 175 g/mol. The number of hydrogen-bond acceptors (Lipinski definition) is 1. The van der Waals surface area contributed by atoms with Crippen LogP contribution in [-0.4, -0.2) is 35.2 Å². The van der Waals surface area contributed by atoms with E-state index < -0.39 is 0 Å². The van der Waals surface area contributed by atoms with Crippen molar-refractivity contribution in [3.63, 3.8) is 0 Å². The first-order chi connectivity index (χ1) is 5.23. The summed E-state index contributed by atoms with van der Waals surface area (Å²) in [6.45, 7) is 7.09. The molecule has 0 saturated carbocycles. The SMILES string of the molecule is CCN(CC)S1(C)CCCC1. The molecule has 1 saturated heterocycles. The van der Waals surface area contributed by atoms with Gasteiger partial charge in [0.2, 0.25) is 0 Å². The first-order valence-corrected chi connectivity index (χ1v) is 7.05. The van der Waals surface area contributed by atoms with Crippen molar-refractivity contribution < 1.29 is 0 Å². The molecule has 1 rings (SSSR count). The van der Waals surface area contributed by atoms with Gasteiger partial charge in [0.15, 0.2) is 0 Å². The van der Waals surface area contributed by atoms with Crippen LogP contribution in [0.2, 0.25) is 0 Å². The van der Waals surface area contributed by atoms with Gasteiger partial charge in [0.25, 0.3) is 0 Å². The maximum Gasteiger partial charge on any atom is 0.00454 e. The normalized spacial score (nSPS) is 25.8. The molecule has 0 aromatic carbocycles. The second-order valence-corrected chi connectivity index (χ2v) is 7.23. The van der Waals surface area contributed by atoms with Gasteiger partial charge in [-0.25, -0.2) is 0 Å². The third-order valence-electron chi connectivity index (χ3n) is 2.75. The van der Waals surface area contributed by atoms with Crippen LogP contribution >= 0.6 is 10.2 Å². The molecule has 1 fully saturated rings. The predicted molar refractivity (Wildman–Crippen MR) is 55.4 cm³/mol. The lowest BCUT2D eigenvalue weighted by atomic mass is 10.4. The van der Waals surface area contributed by atoms with Crippen LogP contribution < -0.4 is 0 Å². The van der Waals surface area contributed by atoms with E-state index in [1.165, 1.54) is 37.4 Å². The highest BCUT2D eigenvalue weighted by Crippen LogP contribution is 2.53. The lowest BCUT2D eigenvalue weighted by Gasteiger charge is -2.42. The monoisotopic (exact) mass is 175 g/mol. The molecule has 68 valence electrons. The van der Waals surface area contributed by atoms with Gasteiger partial charge in [0.1, 0.15) is 0 Å². The van der Waals surface area contributed by atoms with E-state index in [-0.39, 0.29) is 10.2 Å². The topological polar surface area (TPSA) is 3.24 Å². The van der Waals surface area contributed by atoms with Crippen LogP contribution in [0.3, 0.4) is 0 Å². The van der Waals surface area contributed by atoms with E-state index in [2.05, 4.69) is 24.4 Å². The van der Waals surface area contributed by atoms with E-state index >= 15 is 0 Å². The summed E-state index contributed by atoms with van der Waals surface area (Å²) in [6.07, 6.45) is 5.46. The fraction of sp³-hybridized carbons (Fsp3) is 1.00. The minimum Gasteiger partial charge on any atom is -0.268 e. The molecule has 1 aliphatic heterocycles. The molecule has 0 N–H and O–H groups in total. The van der Waals surface area contributed by atoms with Gasteiger partial charge in [-0.15, -0.1) is 0 Å². The molecule has 1 heterocycles. The molecule has 2 heteroatoms. The molecule has 0 spiro atoms. The zero-order valence-corrected chi connectivity index (χ0v) is 8.91. The Labute approximate surface area is 72.6 Å². The first kappa shape index (κ1) is 9.40. The van der Waals surface area contributed by atoms with Gasteiger partial charge in [-0.2, -0.15) is 10.2 Å². The molecule has 0 amide bonds. The van der Waals surface area contributed by atoms with E-state index in [4.69, 9.17) is 0 Å². The largest absolute Gasteiger partial charge is 0.268 e. The summed E-state index contributed by atoms with van der Waals surface area (Å²) in [5, 5.41) is 0. The Bertz CT molecular complexity index is 115. The number of nitrogens with zero attached hydrogens (tertiary/aromatic N) is 1. The van der Waals surface area contributed by atoms with Crippen molar-refractivity contribution in [3.05, 3.63) is 0 Å². The Morgan fingerprint density at radius 1 is 1.09 bits per heavy atom. The highest BCUT2D eigenvalue weighted by Gasteiger charge is 2.27. The minimum atomic E-state index is -0.311. The predicted octanol–water partition coefficient (Wildman–Crippen LogP) is 2.47. The van der Waals surface area contributed by atoms with Crippen LogP contribution in [-0.2, 0) is 0 Å². The third kappa shape index (κ3) is 1.91.